The first-order valence-corrected chi connectivity index (χ1v) is 10.6. The van der Waals surface area contributed by atoms with E-state index in [1.807, 2.05) is 17.2 Å². The molecule has 0 saturated carbocycles. The number of carbonyl (C=O) groups is 2. The van der Waals surface area contributed by atoms with E-state index < -0.39 is 0 Å². The number of hydrogen-bond donors (Lipinski definition) is 1. The van der Waals surface area contributed by atoms with Crippen molar-refractivity contribution in [2.45, 2.75) is 25.8 Å². The van der Waals surface area contributed by atoms with E-state index in [0.29, 0.717) is 18.7 Å². The Labute approximate surface area is 175 Å². The second-order valence-electron chi connectivity index (χ2n) is 8.80. The van der Waals surface area contributed by atoms with Crippen LogP contribution in [0.3, 0.4) is 0 Å². The molecular weight excluding hydrogens is 380 g/mol. The summed E-state index contributed by atoms with van der Waals surface area (Å²) in [4.78, 5) is 34.4. The first kappa shape index (κ1) is 19.1. The van der Waals surface area contributed by atoms with Gasteiger partial charge in [-0.1, -0.05) is 6.07 Å². The number of fused-ring (bicyclic) bond motifs is 1. The number of likely N-dealkylation sites (tertiary alicyclic amines) is 2. The number of aromatic nitrogens is 3. The van der Waals surface area contributed by atoms with Crippen LogP contribution in [0.4, 0.5) is 0 Å². The quantitative estimate of drug-likeness (QED) is 0.821. The topological polar surface area (TPSA) is 91.3 Å². The maximum Gasteiger partial charge on any atom is 0.255 e. The molecule has 5 rings (SSSR count). The SMILES string of the molecule is O=C(c1ccnnc1)N1CCC2(CC1)CN(Cc1cccnc1)CC21CCNC1=O. The van der Waals surface area contributed by atoms with E-state index in [1.165, 1.54) is 11.8 Å². The summed E-state index contributed by atoms with van der Waals surface area (Å²) in [6.45, 7) is 4.53. The van der Waals surface area contributed by atoms with E-state index in [2.05, 4.69) is 31.5 Å². The van der Waals surface area contributed by atoms with Gasteiger partial charge in [-0.05, 0) is 37.0 Å². The Balaban J connectivity index is 1.35. The summed E-state index contributed by atoms with van der Waals surface area (Å²) in [5.41, 5.74) is 1.28. The van der Waals surface area contributed by atoms with Crippen molar-refractivity contribution in [1.29, 1.82) is 0 Å². The molecular formula is C22H26N6O2. The lowest BCUT2D eigenvalue weighted by molar-refractivity contribution is -0.133. The summed E-state index contributed by atoms with van der Waals surface area (Å²) in [5.74, 6) is 0.184. The van der Waals surface area contributed by atoms with Crippen LogP contribution in [0.25, 0.3) is 0 Å². The third-order valence-electron chi connectivity index (χ3n) is 7.27. The maximum absolute atomic E-state index is 13.1. The fraction of sp³-hybridized carbons (Fsp3) is 0.500. The maximum atomic E-state index is 13.1. The molecule has 0 radical (unpaired) electrons. The molecule has 3 fully saturated rings. The monoisotopic (exact) mass is 406 g/mol. The first-order chi connectivity index (χ1) is 14.6. The van der Waals surface area contributed by atoms with Gasteiger partial charge in [0.15, 0.2) is 0 Å². The summed E-state index contributed by atoms with van der Waals surface area (Å²) in [6, 6.07) is 5.75. The van der Waals surface area contributed by atoms with Crippen LogP contribution in [0, 0.1) is 10.8 Å². The zero-order valence-electron chi connectivity index (χ0n) is 17.0. The molecule has 30 heavy (non-hydrogen) atoms. The van der Waals surface area contributed by atoms with Gasteiger partial charge in [0.2, 0.25) is 5.91 Å². The van der Waals surface area contributed by atoms with Gasteiger partial charge in [-0.25, -0.2) is 0 Å². The van der Waals surface area contributed by atoms with Crippen molar-refractivity contribution in [3.63, 3.8) is 0 Å². The van der Waals surface area contributed by atoms with Crippen molar-refractivity contribution in [3.05, 3.63) is 54.1 Å². The summed E-state index contributed by atoms with van der Waals surface area (Å²) in [5, 5.41) is 10.7. The first-order valence-electron chi connectivity index (χ1n) is 10.6. The van der Waals surface area contributed by atoms with Gasteiger partial charge in [-0.15, -0.1) is 0 Å². The summed E-state index contributed by atoms with van der Waals surface area (Å²) in [7, 11) is 0. The Bertz CT molecular complexity index is 929. The number of hydrogen-bond acceptors (Lipinski definition) is 6. The molecule has 156 valence electrons. The van der Waals surface area contributed by atoms with Crippen molar-refractivity contribution < 1.29 is 9.59 Å². The number of rotatable bonds is 3. The third kappa shape index (κ3) is 3.06. The molecule has 0 aromatic carbocycles. The average molecular weight is 406 g/mol. The van der Waals surface area contributed by atoms with Crippen LogP contribution >= 0.6 is 0 Å². The number of amides is 2. The Morgan fingerprint density at radius 3 is 2.60 bits per heavy atom. The fourth-order valence-corrected chi connectivity index (χ4v) is 5.75. The van der Waals surface area contributed by atoms with Crippen LogP contribution in [0.1, 0.15) is 35.2 Å². The molecule has 2 amide bonds. The molecule has 2 spiro atoms. The van der Waals surface area contributed by atoms with Crippen LogP contribution in [0.5, 0.6) is 0 Å². The van der Waals surface area contributed by atoms with Crippen molar-refractivity contribution in [3.8, 4) is 0 Å². The van der Waals surface area contributed by atoms with Gasteiger partial charge in [0.25, 0.3) is 5.91 Å². The average Bonchev–Trinajstić information content (AvgIpc) is 3.30. The van der Waals surface area contributed by atoms with Crippen LogP contribution < -0.4 is 5.32 Å². The summed E-state index contributed by atoms with van der Waals surface area (Å²) < 4.78 is 0. The number of carbonyl (C=O) groups excluding carboxylic acids is 2. The molecule has 1 unspecified atom stereocenters. The molecule has 1 N–H and O–H groups in total. The minimum absolute atomic E-state index is 0.00473. The lowest BCUT2D eigenvalue weighted by Gasteiger charge is -2.46. The van der Waals surface area contributed by atoms with Crippen LogP contribution in [-0.2, 0) is 11.3 Å². The van der Waals surface area contributed by atoms with Gasteiger partial charge in [-0.2, -0.15) is 10.2 Å². The fourth-order valence-electron chi connectivity index (χ4n) is 5.75. The second kappa shape index (κ2) is 7.43. The van der Waals surface area contributed by atoms with Gasteiger partial charge in [0, 0.05) is 57.1 Å². The smallest absolute Gasteiger partial charge is 0.255 e. The molecule has 1 atom stereocenters. The predicted molar refractivity (Wildman–Crippen MR) is 109 cm³/mol. The molecule has 2 aromatic heterocycles. The van der Waals surface area contributed by atoms with E-state index in [4.69, 9.17) is 0 Å². The van der Waals surface area contributed by atoms with Gasteiger partial charge in [0.1, 0.15) is 0 Å². The number of pyridine rings is 1. The molecule has 5 heterocycles. The zero-order chi connectivity index (χ0) is 20.6. The predicted octanol–water partition coefficient (Wildman–Crippen LogP) is 1.12. The van der Waals surface area contributed by atoms with E-state index in [0.717, 1.165) is 45.4 Å². The highest BCUT2D eigenvalue weighted by Gasteiger charge is 2.63. The lowest BCUT2D eigenvalue weighted by atomic mass is 9.60. The van der Waals surface area contributed by atoms with E-state index in [1.54, 1.807) is 18.5 Å². The molecule has 8 heteroatoms. The molecule has 3 aliphatic heterocycles. The second-order valence-corrected chi connectivity index (χ2v) is 8.80. The normalized spacial score (nSPS) is 25.7. The van der Waals surface area contributed by atoms with Crippen molar-refractivity contribution in [2.75, 3.05) is 32.7 Å². The highest BCUT2D eigenvalue weighted by atomic mass is 16.2. The number of nitrogens with zero attached hydrogens (tertiary/aromatic N) is 5. The minimum Gasteiger partial charge on any atom is -0.356 e. The highest BCUT2D eigenvalue weighted by molar-refractivity contribution is 5.94. The van der Waals surface area contributed by atoms with Crippen molar-refractivity contribution >= 4 is 11.8 Å². The van der Waals surface area contributed by atoms with Gasteiger partial charge in [0.05, 0.1) is 23.4 Å². The third-order valence-corrected chi connectivity index (χ3v) is 7.27. The molecule has 8 nitrogen and oxygen atoms in total. The molecule has 3 saturated heterocycles. The molecule has 0 bridgehead atoms. The summed E-state index contributed by atoms with van der Waals surface area (Å²) >= 11 is 0. The van der Waals surface area contributed by atoms with Crippen LogP contribution in [0.2, 0.25) is 0 Å². The van der Waals surface area contributed by atoms with Crippen molar-refractivity contribution in [1.82, 2.24) is 30.3 Å². The van der Waals surface area contributed by atoms with Crippen LogP contribution in [0.15, 0.2) is 43.0 Å². The largest absolute Gasteiger partial charge is 0.356 e. The Kier molecular flexibility index (Phi) is 4.73. The van der Waals surface area contributed by atoms with Gasteiger partial charge in [-0.3, -0.25) is 19.5 Å². The molecule has 0 aliphatic carbocycles. The van der Waals surface area contributed by atoms with E-state index >= 15 is 0 Å². The number of piperidine rings is 1. The summed E-state index contributed by atoms with van der Waals surface area (Å²) in [6.07, 6.45) is 9.30. The van der Waals surface area contributed by atoms with Gasteiger partial charge >= 0.3 is 0 Å². The zero-order valence-corrected chi connectivity index (χ0v) is 17.0. The number of nitrogens with one attached hydrogen (secondary N) is 1. The molecule has 3 aliphatic rings. The van der Waals surface area contributed by atoms with Crippen molar-refractivity contribution in [2.24, 2.45) is 10.8 Å². The minimum atomic E-state index is -0.359. The lowest BCUT2D eigenvalue weighted by Crippen LogP contribution is -2.53. The van der Waals surface area contributed by atoms with Crippen LogP contribution in [-0.4, -0.2) is 69.5 Å². The highest BCUT2D eigenvalue weighted by Crippen LogP contribution is 2.56. The van der Waals surface area contributed by atoms with E-state index in [-0.39, 0.29) is 22.6 Å². The Hall–Kier alpha value is -2.87. The molecule has 2 aromatic rings. The standard InChI is InChI=1S/C22H26N6O2/c29-19(18-3-8-25-26-13-18)28-10-5-21(6-11-28)15-27(14-17-2-1-7-23-12-17)16-22(21)4-9-24-20(22)30/h1-3,7-8,12-13H,4-6,9-11,14-16H2,(H,24,30). The van der Waals surface area contributed by atoms with Gasteiger partial charge < -0.3 is 10.2 Å². The Morgan fingerprint density at radius 2 is 1.93 bits per heavy atom. The Morgan fingerprint density at radius 1 is 1.07 bits per heavy atom. The van der Waals surface area contributed by atoms with E-state index in [9.17, 15) is 9.59 Å².